The predicted octanol–water partition coefficient (Wildman–Crippen LogP) is 1.80. The SMILES string of the molecule is Cc1oc(C)c(C(=O)N2CCCC(C(N)=NO)C2)c1C. The first kappa shape index (κ1) is 14.4. The van der Waals surface area contributed by atoms with Crippen LogP contribution in [0, 0.1) is 26.7 Å². The Bertz CT molecular complexity index is 548. The van der Waals surface area contributed by atoms with Crippen LogP contribution in [0.1, 0.15) is 40.3 Å². The smallest absolute Gasteiger partial charge is 0.257 e. The summed E-state index contributed by atoms with van der Waals surface area (Å²) >= 11 is 0. The van der Waals surface area contributed by atoms with Crippen molar-refractivity contribution in [2.24, 2.45) is 16.8 Å². The molecule has 6 nitrogen and oxygen atoms in total. The molecule has 1 saturated heterocycles. The van der Waals surface area contributed by atoms with Gasteiger partial charge in [0.15, 0.2) is 0 Å². The Labute approximate surface area is 118 Å². The van der Waals surface area contributed by atoms with E-state index in [4.69, 9.17) is 15.4 Å². The van der Waals surface area contributed by atoms with Crippen molar-refractivity contribution in [3.05, 3.63) is 22.6 Å². The van der Waals surface area contributed by atoms with Crippen LogP contribution >= 0.6 is 0 Å². The molecule has 2 rings (SSSR count). The number of hydrogen-bond donors (Lipinski definition) is 2. The van der Waals surface area contributed by atoms with E-state index in [9.17, 15) is 4.79 Å². The standard InChI is InChI=1S/C14H21N3O3/c1-8-9(2)20-10(3)12(8)14(18)17-6-4-5-11(7-17)13(15)16-19/h11,19H,4-7H2,1-3H3,(H2,15,16). The van der Waals surface area contributed by atoms with Crippen molar-refractivity contribution in [3.8, 4) is 0 Å². The molecule has 1 aliphatic heterocycles. The van der Waals surface area contributed by atoms with Crippen molar-refractivity contribution in [1.29, 1.82) is 0 Å². The van der Waals surface area contributed by atoms with Crippen LogP contribution in [0.4, 0.5) is 0 Å². The molecule has 1 amide bonds. The largest absolute Gasteiger partial charge is 0.466 e. The molecule has 20 heavy (non-hydrogen) atoms. The summed E-state index contributed by atoms with van der Waals surface area (Å²) in [6.45, 7) is 6.73. The van der Waals surface area contributed by atoms with Crippen LogP contribution in [-0.2, 0) is 0 Å². The van der Waals surface area contributed by atoms with Gasteiger partial charge < -0.3 is 20.3 Å². The van der Waals surface area contributed by atoms with Gasteiger partial charge in [0.05, 0.1) is 5.56 Å². The van der Waals surface area contributed by atoms with Crippen LogP contribution in [0.15, 0.2) is 9.57 Å². The van der Waals surface area contributed by atoms with E-state index < -0.39 is 0 Å². The molecule has 0 radical (unpaired) electrons. The van der Waals surface area contributed by atoms with E-state index in [-0.39, 0.29) is 17.7 Å². The van der Waals surface area contributed by atoms with Crippen molar-refractivity contribution in [3.63, 3.8) is 0 Å². The molecule has 1 aromatic heterocycles. The quantitative estimate of drug-likeness (QED) is 0.374. The third-order valence-corrected chi connectivity index (χ3v) is 4.02. The molecule has 1 fully saturated rings. The molecule has 0 saturated carbocycles. The minimum absolute atomic E-state index is 0.0349. The van der Waals surface area contributed by atoms with Crippen LogP contribution in [-0.4, -0.2) is 34.9 Å². The maximum atomic E-state index is 12.6. The Balaban J connectivity index is 2.21. The minimum atomic E-state index is -0.0775. The number of nitrogens with zero attached hydrogens (tertiary/aromatic N) is 2. The number of carbonyl (C=O) groups is 1. The summed E-state index contributed by atoms with van der Waals surface area (Å²) in [4.78, 5) is 14.4. The van der Waals surface area contributed by atoms with Gasteiger partial charge in [-0.05, 0) is 33.6 Å². The average Bonchev–Trinajstić information content (AvgIpc) is 2.70. The molecule has 1 aromatic rings. The molecule has 0 spiro atoms. The van der Waals surface area contributed by atoms with Gasteiger partial charge in [-0.1, -0.05) is 5.16 Å². The predicted molar refractivity (Wildman–Crippen MR) is 75.0 cm³/mol. The number of carbonyl (C=O) groups excluding carboxylic acids is 1. The van der Waals surface area contributed by atoms with Crippen LogP contribution in [0.25, 0.3) is 0 Å². The highest BCUT2D eigenvalue weighted by atomic mass is 16.4. The lowest BCUT2D eigenvalue weighted by Crippen LogP contribution is -2.44. The minimum Gasteiger partial charge on any atom is -0.466 e. The average molecular weight is 279 g/mol. The number of hydrogen-bond acceptors (Lipinski definition) is 4. The molecular weight excluding hydrogens is 258 g/mol. The molecular formula is C14H21N3O3. The van der Waals surface area contributed by atoms with Crippen molar-refractivity contribution < 1.29 is 14.4 Å². The highest BCUT2D eigenvalue weighted by molar-refractivity contribution is 5.97. The first-order chi connectivity index (χ1) is 9.45. The Morgan fingerprint density at radius 2 is 2.10 bits per heavy atom. The molecule has 110 valence electrons. The molecule has 1 unspecified atom stereocenters. The first-order valence-corrected chi connectivity index (χ1v) is 6.79. The molecule has 0 aromatic carbocycles. The number of nitrogens with two attached hydrogens (primary N) is 1. The lowest BCUT2D eigenvalue weighted by atomic mass is 9.96. The Kier molecular flexibility index (Phi) is 4.01. The number of oxime groups is 1. The molecule has 2 heterocycles. The summed E-state index contributed by atoms with van der Waals surface area (Å²) in [5.74, 6) is 1.50. The van der Waals surface area contributed by atoms with Gasteiger partial charge in [0.1, 0.15) is 17.4 Å². The number of rotatable bonds is 2. The second-order valence-corrected chi connectivity index (χ2v) is 5.33. The van der Waals surface area contributed by atoms with E-state index in [1.807, 2.05) is 13.8 Å². The van der Waals surface area contributed by atoms with Crippen LogP contribution < -0.4 is 5.73 Å². The van der Waals surface area contributed by atoms with E-state index in [1.54, 1.807) is 11.8 Å². The van der Waals surface area contributed by atoms with Crippen molar-refractivity contribution in [1.82, 2.24) is 4.90 Å². The lowest BCUT2D eigenvalue weighted by molar-refractivity contribution is 0.0699. The van der Waals surface area contributed by atoms with E-state index >= 15 is 0 Å². The zero-order chi connectivity index (χ0) is 14.9. The highest BCUT2D eigenvalue weighted by Crippen LogP contribution is 2.25. The van der Waals surface area contributed by atoms with Gasteiger partial charge in [-0.3, -0.25) is 4.79 Å². The summed E-state index contributed by atoms with van der Waals surface area (Å²) < 4.78 is 5.52. The van der Waals surface area contributed by atoms with Crippen LogP contribution in [0.5, 0.6) is 0 Å². The van der Waals surface area contributed by atoms with E-state index in [0.717, 1.165) is 24.2 Å². The lowest BCUT2D eigenvalue weighted by Gasteiger charge is -2.32. The van der Waals surface area contributed by atoms with Gasteiger partial charge in [0.2, 0.25) is 0 Å². The molecule has 0 aliphatic carbocycles. The summed E-state index contributed by atoms with van der Waals surface area (Å²) in [7, 11) is 0. The third kappa shape index (κ3) is 2.50. The number of furan rings is 1. The summed E-state index contributed by atoms with van der Waals surface area (Å²) in [6, 6.07) is 0. The number of aryl methyl sites for hydroxylation is 2. The normalized spacial score (nSPS) is 20.2. The van der Waals surface area contributed by atoms with Gasteiger partial charge in [0, 0.05) is 24.6 Å². The summed E-state index contributed by atoms with van der Waals surface area (Å²) in [6.07, 6.45) is 1.68. The number of amidine groups is 1. The number of piperidine rings is 1. The van der Waals surface area contributed by atoms with Gasteiger partial charge >= 0.3 is 0 Å². The zero-order valence-electron chi connectivity index (χ0n) is 12.1. The van der Waals surface area contributed by atoms with E-state index in [2.05, 4.69) is 5.16 Å². The second-order valence-electron chi connectivity index (χ2n) is 5.33. The molecule has 1 atom stereocenters. The molecule has 0 bridgehead atoms. The Morgan fingerprint density at radius 3 is 2.65 bits per heavy atom. The fraction of sp³-hybridized carbons (Fsp3) is 0.571. The number of likely N-dealkylation sites (tertiary alicyclic amines) is 1. The molecule has 3 N–H and O–H groups in total. The van der Waals surface area contributed by atoms with Gasteiger partial charge in [-0.25, -0.2) is 0 Å². The monoisotopic (exact) mass is 279 g/mol. The first-order valence-electron chi connectivity index (χ1n) is 6.79. The van der Waals surface area contributed by atoms with Crippen molar-refractivity contribution >= 4 is 11.7 Å². The van der Waals surface area contributed by atoms with Crippen LogP contribution in [0.3, 0.4) is 0 Å². The van der Waals surface area contributed by atoms with Crippen molar-refractivity contribution in [2.45, 2.75) is 33.6 Å². The second kappa shape index (κ2) is 5.56. The van der Waals surface area contributed by atoms with E-state index in [0.29, 0.717) is 24.4 Å². The summed E-state index contributed by atoms with van der Waals surface area (Å²) in [5, 5.41) is 11.8. The zero-order valence-corrected chi connectivity index (χ0v) is 12.1. The fourth-order valence-corrected chi connectivity index (χ4v) is 2.75. The number of amides is 1. The maximum absolute atomic E-state index is 12.6. The third-order valence-electron chi connectivity index (χ3n) is 4.02. The van der Waals surface area contributed by atoms with Gasteiger partial charge in [-0.2, -0.15) is 0 Å². The van der Waals surface area contributed by atoms with Crippen molar-refractivity contribution in [2.75, 3.05) is 13.1 Å². The topological polar surface area (TPSA) is 92.1 Å². The fourth-order valence-electron chi connectivity index (χ4n) is 2.75. The van der Waals surface area contributed by atoms with E-state index in [1.165, 1.54) is 0 Å². The Morgan fingerprint density at radius 1 is 1.40 bits per heavy atom. The van der Waals surface area contributed by atoms with Gasteiger partial charge in [-0.15, -0.1) is 0 Å². The Hall–Kier alpha value is -1.98. The van der Waals surface area contributed by atoms with Crippen LogP contribution in [0.2, 0.25) is 0 Å². The molecule has 1 aliphatic rings. The molecule has 6 heteroatoms. The van der Waals surface area contributed by atoms with Gasteiger partial charge in [0.25, 0.3) is 5.91 Å². The summed E-state index contributed by atoms with van der Waals surface area (Å²) in [5.41, 5.74) is 7.18. The highest BCUT2D eigenvalue weighted by Gasteiger charge is 2.29. The maximum Gasteiger partial charge on any atom is 0.257 e.